The Bertz CT molecular complexity index is 531. The third-order valence-electron chi connectivity index (χ3n) is 2.94. The monoisotopic (exact) mass is 247 g/mol. The lowest BCUT2D eigenvalue weighted by molar-refractivity contribution is 0.416. The molecule has 17 heavy (non-hydrogen) atoms. The molecule has 0 atom stereocenters. The molecule has 0 fully saturated rings. The Labute approximate surface area is 106 Å². The SMILES string of the molecule is COc1cc(C)c(C)cc1-c1ccc(CN)s1. The second-order valence-corrected chi connectivity index (χ2v) is 5.28. The van der Waals surface area contributed by atoms with Crippen LogP contribution in [-0.2, 0) is 6.54 Å². The predicted octanol–water partition coefficient (Wildman–Crippen LogP) is 3.50. The number of aryl methyl sites for hydroxylation is 2. The summed E-state index contributed by atoms with van der Waals surface area (Å²) in [4.78, 5) is 2.41. The van der Waals surface area contributed by atoms with Crippen molar-refractivity contribution in [3.63, 3.8) is 0 Å². The Kier molecular flexibility index (Phi) is 3.50. The first-order chi connectivity index (χ1) is 8.15. The minimum absolute atomic E-state index is 0.595. The normalized spacial score (nSPS) is 10.6. The average molecular weight is 247 g/mol. The molecule has 2 rings (SSSR count). The molecule has 0 saturated carbocycles. The van der Waals surface area contributed by atoms with Gasteiger partial charge in [-0.3, -0.25) is 0 Å². The number of nitrogens with two attached hydrogens (primary N) is 1. The number of hydrogen-bond acceptors (Lipinski definition) is 3. The van der Waals surface area contributed by atoms with Gasteiger partial charge in [-0.15, -0.1) is 11.3 Å². The Balaban J connectivity index is 2.53. The van der Waals surface area contributed by atoms with Gasteiger partial charge in [-0.2, -0.15) is 0 Å². The minimum atomic E-state index is 0.595. The zero-order valence-corrected chi connectivity index (χ0v) is 11.2. The maximum atomic E-state index is 5.64. The van der Waals surface area contributed by atoms with Crippen molar-refractivity contribution in [1.29, 1.82) is 0 Å². The molecule has 1 aromatic carbocycles. The number of ether oxygens (including phenoxy) is 1. The van der Waals surface area contributed by atoms with Crippen LogP contribution in [0.25, 0.3) is 10.4 Å². The lowest BCUT2D eigenvalue weighted by Gasteiger charge is -2.10. The van der Waals surface area contributed by atoms with Crippen LogP contribution in [0.1, 0.15) is 16.0 Å². The fourth-order valence-corrected chi connectivity index (χ4v) is 2.69. The molecule has 1 heterocycles. The molecule has 0 saturated heterocycles. The molecule has 0 aliphatic carbocycles. The molecule has 0 aliphatic heterocycles. The van der Waals surface area contributed by atoms with Gasteiger partial charge in [0.05, 0.1) is 7.11 Å². The van der Waals surface area contributed by atoms with E-state index in [4.69, 9.17) is 10.5 Å². The fourth-order valence-electron chi connectivity index (χ4n) is 1.78. The first-order valence-corrected chi connectivity index (χ1v) is 6.41. The van der Waals surface area contributed by atoms with Crippen molar-refractivity contribution in [2.75, 3.05) is 7.11 Å². The van der Waals surface area contributed by atoms with Crippen molar-refractivity contribution in [3.05, 3.63) is 40.3 Å². The van der Waals surface area contributed by atoms with Crippen LogP contribution in [0.2, 0.25) is 0 Å². The lowest BCUT2D eigenvalue weighted by Crippen LogP contribution is -1.91. The van der Waals surface area contributed by atoms with E-state index in [-0.39, 0.29) is 0 Å². The van der Waals surface area contributed by atoms with Gasteiger partial charge in [0, 0.05) is 21.9 Å². The Morgan fingerprint density at radius 3 is 2.47 bits per heavy atom. The Morgan fingerprint density at radius 1 is 1.18 bits per heavy atom. The van der Waals surface area contributed by atoms with Gasteiger partial charge in [0.2, 0.25) is 0 Å². The van der Waals surface area contributed by atoms with Crippen LogP contribution in [-0.4, -0.2) is 7.11 Å². The van der Waals surface area contributed by atoms with Gasteiger partial charge < -0.3 is 10.5 Å². The second kappa shape index (κ2) is 4.90. The average Bonchev–Trinajstić information content (AvgIpc) is 2.80. The second-order valence-electron chi connectivity index (χ2n) is 4.11. The number of methoxy groups -OCH3 is 1. The summed E-state index contributed by atoms with van der Waals surface area (Å²) in [5.74, 6) is 0.929. The summed E-state index contributed by atoms with van der Waals surface area (Å²) in [6, 6.07) is 8.46. The molecular weight excluding hydrogens is 230 g/mol. The van der Waals surface area contributed by atoms with Crippen LogP contribution in [0.15, 0.2) is 24.3 Å². The van der Waals surface area contributed by atoms with Crippen LogP contribution < -0.4 is 10.5 Å². The summed E-state index contributed by atoms with van der Waals surface area (Å²) in [5.41, 5.74) is 9.33. The van der Waals surface area contributed by atoms with Crippen molar-refractivity contribution < 1.29 is 4.74 Å². The molecule has 0 spiro atoms. The molecule has 3 heteroatoms. The molecule has 0 radical (unpaired) electrons. The van der Waals surface area contributed by atoms with E-state index < -0.39 is 0 Å². The maximum Gasteiger partial charge on any atom is 0.127 e. The minimum Gasteiger partial charge on any atom is -0.496 e. The van der Waals surface area contributed by atoms with Crippen LogP contribution in [0.3, 0.4) is 0 Å². The van der Waals surface area contributed by atoms with Gasteiger partial charge in [-0.25, -0.2) is 0 Å². The smallest absolute Gasteiger partial charge is 0.127 e. The highest BCUT2D eigenvalue weighted by atomic mass is 32.1. The van der Waals surface area contributed by atoms with Crippen LogP contribution in [0.5, 0.6) is 5.75 Å². The first-order valence-electron chi connectivity index (χ1n) is 5.60. The fraction of sp³-hybridized carbons (Fsp3) is 0.286. The van der Waals surface area contributed by atoms with Crippen LogP contribution >= 0.6 is 11.3 Å². The molecule has 1 aromatic heterocycles. The van der Waals surface area contributed by atoms with Gasteiger partial charge in [-0.05, 0) is 49.2 Å². The van der Waals surface area contributed by atoms with Crippen molar-refractivity contribution in [2.24, 2.45) is 5.73 Å². The summed E-state index contributed by atoms with van der Waals surface area (Å²) in [5, 5.41) is 0. The topological polar surface area (TPSA) is 35.2 Å². The quantitative estimate of drug-likeness (QED) is 0.901. The van der Waals surface area contributed by atoms with E-state index in [1.165, 1.54) is 20.9 Å². The zero-order valence-electron chi connectivity index (χ0n) is 10.4. The highest BCUT2D eigenvalue weighted by Crippen LogP contribution is 2.36. The summed E-state index contributed by atoms with van der Waals surface area (Å²) >= 11 is 1.73. The number of benzene rings is 1. The van der Waals surface area contributed by atoms with Crippen molar-refractivity contribution in [3.8, 4) is 16.2 Å². The van der Waals surface area contributed by atoms with Gasteiger partial charge in [0.15, 0.2) is 0 Å². The Hall–Kier alpha value is -1.32. The zero-order chi connectivity index (χ0) is 12.4. The summed E-state index contributed by atoms with van der Waals surface area (Å²) in [6.45, 7) is 4.81. The highest BCUT2D eigenvalue weighted by Gasteiger charge is 2.10. The van der Waals surface area contributed by atoms with Gasteiger partial charge >= 0.3 is 0 Å². The summed E-state index contributed by atoms with van der Waals surface area (Å²) in [6.07, 6.45) is 0. The van der Waals surface area contributed by atoms with Crippen LogP contribution in [0, 0.1) is 13.8 Å². The molecule has 0 aliphatic rings. The molecule has 2 aromatic rings. The molecule has 90 valence electrons. The van der Waals surface area contributed by atoms with Gasteiger partial charge in [0.25, 0.3) is 0 Å². The molecule has 0 unspecified atom stereocenters. The van der Waals surface area contributed by atoms with Crippen LogP contribution in [0.4, 0.5) is 0 Å². The van der Waals surface area contributed by atoms with E-state index in [1.807, 2.05) is 0 Å². The molecule has 2 N–H and O–H groups in total. The molecule has 2 nitrogen and oxygen atoms in total. The van der Waals surface area contributed by atoms with E-state index in [2.05, 4.69) is 38.1 Å². The predicted molar refractivity (Wildman–Crippen MR) is 73.7 cm³/mol. The molecular formula is C14H17NOS. The van der Waals surface area contributed by atoms with E-state index in [9.17, 15) is 0 Å². The highest BCUT2D eigenvalue weighted by molar-refractivity contribution is 7.15. The summed E-state index contributed by atoms with van der Waals surface area (Å²) < 4.78 is 5.45. The van der Waals surface area contributed by atoms with E-state index in [1.54, 1.807) is 18.4 Å². The van der Waals surface area contributed by atoms with E-state index in [0.29, 0.717) is 6.54 Å². The number of rotatable bonds is 3. The largest absolute Gasteiger partial charge is 0.496 e. The summed E-state index contributed by atoms with van der Waals surface area (Å²) in [7, 11) is 1.71. The first kappa shape index (κ1) is 12.1. The van der Waals surface area contributed by atoms with Crippen molar-refractivity contribution >= 4 is 11.3 Å². The Morgan fingerprint density at radius 2 is 1.88 bits per heavy atom. The number of hydrogen-bond donors (Lipinski definition) is 1. The molecule has 0 amide bonds. The lowest BCUT2D eigenvalue weighted by atomic mass is 10.0. The van der Waals surface area contributed by atoms with Gasteiger partial charge in [-0.1, -0.05) is 0 Å². The van der Waals surface area contributed by atoms with Crippen molar-refractivity contribution in [1.82, 2.24) is 0 Å². The third-order valence-corrected chi connectivity index (χ3v) is 4.08. The number of thiophene rings is 1. The maximum absolute atomic E-state index is 5.64. The van der Waals surface area contributed by atoms with Gasteiger partial charge in [0.1, 0.15) is 5.75 Å². The molecule has 0 bridgehead atoms. The standard InChI is InChI=1S/C14H17NOS/c1-9-6-12(13(16-3)7-10(9)2)14-5-4-11(8-15)17-14/h4-7H,8,15H2,1-3H3. The van der Waals surface area contributed by atoms with Crippen molar-refractivity contribution in [2.45, 2.75) is 20.4 Å². The van der Waals surface area contributed by atoms with E-state index in [0.717, 1.165) is 11.3 Å². The van der Waals surface area contributed by atoms with E-state index >= 15 is 0 Å². The third kappa shape index (κ3) is 2.35.